The number of nitrogens with one attached hydrogen (secondary N) is 2. The van der Waals surface area contributed by atoms with Gasteiger partial charge in [-0.2, -0.15) is 0 Å². The van der Waals surface area contributed by atoms with Gasteiger partial charge in [-0.25, -0.2) is 9.59 Å². The van der Waals surface area contributed by atoms with Gasteiger partial charge in [-0.1, -0.05) is 77.0 Å². The molecule has 0 amide bonds. The van der Waals surface area contributed by atoms with E-state index in [0.717, 1.165) is 24.2 Å². The van der Waals surface area contributed by atoms with E-state index in [9.17, 15) is 9.59 Å². The number of carbonyl (C=O) groups is 2. The summed E-state index contributed by atoms with van der Waals surface area (Å²) >= 11 is 0. The Morgan fingerprint density at radius 1 is 0.441 bits per heavy atom. The summed E-state index contributed by atoms with van der Waals surface area (Å²) in [6.07, 6.45) is 30.2. The van der Waals surface area contributed by atoms with Crippen molar-refractivity contribution in [1.29, 1.82) is 0 Å². The average Bonchev–Trinajstić information content (AvgIpc) is 2.86. The van der Waals surface area contributed by atoms with E-state index >= 15 is 0 Å². The molecule has 0 saturated heterocycles. The summed E-state index contributed by atoms with van der Waals surface area (Å²) in [5, 5.41) is 23.3. The molecule has 4 saturated carbocycles. The molecule has 0 spiro atoms. The maximum atomic E-state index is 9.55. The second-order valence-electron chi connectivity index (χ2n) is 10.7. The summed E-state index contributed by atoms with van der Waals surface area (Å²) in [4.78, 5) is 19.1. The highest BCUT2D eigenvalue weighted by molar-refractivity contribution is 5.89. The quantitative estimate of drug-likeness (QED) is 0.340. The van der Waals surface area contributed by atoms with Crippen molar-refractivity contribution in [1.82, 2.24) is 10.6 Å². The second-order valence-corrected chi connectivity index (χ2v) is 10.7. The van der Waals surface area contributed by atoms with Crippen LogP contribution in [0.4, 0.5) is 0 Å². The van der Waals surface area contributed by atoms with Crippen LogP contribution in [0.3, 0.4) is 0 Å². The molecule has 196 valence electrons. The highest BCUT2D eigenvalue weighted by Gasteiger charge is 2.20. The van der Waals surface area contributed by atoms with Crippen LogP contribution in [0.25, 0.3) is 0 Å². The zero-order valence-corrected chi connectivity index (χ0v) is 21.3. The molecular formula is C28H50N2O4. The van der Waals surface area contributed by atoms with E-state index in [2.05, 4.69) is 10.6 Å². The van der Waals surface area contributed by atoms with Crippen molar-refractivity contribution in [2.24, 2.45) is 0 Å². The van der Waals surface area contributed by atoms with Crippen LogP contribution >= 0.6 is 0 Å². The Hall–Kier alpha value is -1.40. The van der Waals surface area contributed by atoms with Crippen molar-refractivity contribution in [3.8, 4) is 0 Å². The number of aliphatic carboxylic acids is 2. The van der Waals surface area contributed by atoms with Crippen LogP contribution in [0, 0.1) is 0 Å². The van der Waals surface area contributed by atoms with Gasteiger partial charge in [0.25, 0.3) is 0 Å². The summed E-state index contributed by atoms with van der Waals surface area (Å²) < 4.78 is 0. The van der Waals surface area contributed by atoms with Gasteiger partial charge in [-0.05, 0) is 51.4 Å². The van der Waals surface area contributed by atoms with E-state index in [1.807, 2.05) is 0 Å². The molecule has 0 aromatic heterocycles. The molecule has 4 aliphatic rings. The minimum Gasteiger partial charge on any atom is -0.478 e. The van der Waals surface area contributed by atoms with Gasteiger partial charge in [0.05, 0.1) is 0 Å². The van der Waals surface area contributed by atoms with Gasteiger partial charge in [-0.15, -0.1) is 0 Å². The Kier molecular flexibility index (Phi) is 15.2. The maximum absolute atomic E-state index is 9.55. The van der Waals surface area contributed by atoms with Crippen LogP contribution in [0.15, 0.2) is 12.2 Å². The molecule has 0 aromatic rings. The molecule has 4 rings (SSSR count). The SMILES string of the molecule is C1CCC(NC2CCCCC2)CC1.C1CCC(NC2CCCCC2)CC1.O=C(O)/C=C/C(=O)O. The van der Waals surface area contributed by atoms with Crippen LogP contribution in [0.2, 0.25) is 0 Å². The number of hydrogen-bond acceptors (Lipinski definition) is 4. The van der Waals surface area contributed by atoms with Crippen LogP contribution in [-0.2, 0) is 9.59 Å². The van der Waals surface area contributed by atoms with E-state index in [4.69, 9.17) is 10.2 Å². The second kappa shape index (κ2) is 18.0. The summed E-state index contributed by atoms with van der Waals surface area (Å²) in [7, 11) is 0. The standard InChI is InChI=1S/2C12H23N.C4H4O4/c2*1-3-7-11(8-4-1)13-12-9-5-2-6-10-12;5-3(6)1-2-4(7)8/h2*11-13H,1-10H2;1-2H,(H,5,6)(H,7,8)/b;;2-1+. The molecule has 0 bridgehead atoms. The Labute approximate surface area is 207 Å². The fourth-order valence-corrected chi connectivity index (χ4v) is 5.89. The van der Waals surface area contributed by atoms with Crippen LogP contribution in [0.1, 0.15) is 128 Å². The first-order chi connectivity index (χ1) is 16.5. The van der Waals surface area contributed by atoms with Gasteiger partial charge >= 0.3 is 11.9 Å². The van der Waals surface area contributed by atoms with Crippen molar-refractivity contribution in [2.75, 3.05) is 0 Å². The first kappa shape index (κ1) is 28.8. The normalized spacial score (nSPS) is 23.4. The lowest BCUT2D eigenvalue weighted by atomic mass is 9.91. The van der Waals surface area contributed by atoms with Gasteiger partial charge in [0.2, 0.25) is 0 Å². The number of hydrogen-bond donors (Lipinski definition) is 4. The monoisotopic (exact) mass is 478 g/mol. The third-order valence-electron chi connectivity index (χ3n) is 7.73. The molecule has 4 N–H and O–H groups in total. The summed E-state index contributed by atoms with van der Waals surface area (Å²) in [6, 6.07) is 3.49. The summed E-state index contributed by atoms with van der Waals surface area (Å²) in [6.45, 7) is 0. The number of rotatable bonds is 6. The van der Waals surface area contributed by atoms with E-state index in [0.29, 0.717) is 12.2 Å². The van der Waals surface area contributed by atoms with Crippen molar-refractivity contribution in [2.45, 2.75) is 153 Å². The van der Waals surface area contributed by atoms with Gasteiger partial charge < -0.3 is 20.8 Å². The lowest BCUT2D eigenvalue weighted by molar-refractivity contribution is -0.134. The topological polar surface area (TPSA) is 98.7 Å². The molecule has 0 heterocycles. The molecule has 4 aliphatic carbocycles. The third kappa shape index (κ3) is 14.1. The first-order valence-electron chi connectivity index (χ1n) is 14.2. The van der Waals surface area contributed by atoms with Gasteiger partial charge in [0.1, 0.15) is 0 Å². The zero-order chi connectivity index (χ0) is 24.4. The molecule has 0 aliphatic heterocycles. The average molecular weight is 479 g/mol. The van der Waals surface area contributed by atoms with E-state index in [-0.39, 0.29) is 0 Å². The largest absolute Gasteiger partial charge is 0.478 e. The molecule has 0 unspecified atom stereocenters. The molecular weight excluding hydrogens is 428 g/mol. The van der Waals surface area contributed by atoms with Crippen molar-refractivity contribution >= 4 is 11.9 Å². The molecule has 34 heavy (non-hydrogen) atoms. The summed E-state index contributed by atoms with van der Waals surface area (Å²) in [5.74, 6) is -2.51. The molecule has 4 fully saturated rings. The first-order valence-corrected chi connectivity index (χ1v) is 14.2. The lowest BCUT2D eigenvalue weighted by Crippen LogP contribution is -2.40. The molecule has 0 aromatic carbocycles. The van der Waals surface area contributed by atoms with Crippen LogP contribution in [-0.4, -0.2) is 46.3 Å². The van der Waals surface area contributed by atoms with Crippen LogP contribution < -0.4 is 10.6 Å². The minimum absolute atomic E-state index is 0.558. The number of carboxylic acids is 2. The predicted octanol–water partition coefficient (Wildman–Crippen LogP) is 6.19. The fourth-order valence-electron chi connectivity index (χ4n) is 5.89. The van der Waals surface area contributed by atoms with Gasteiger partial charge in [-0.3, -0.25) is 0 Å². The minimum atomic E-state index is -1.26. The smallest absolute Gasteiger partial charge is 0.328 e. The Morgan fingerprint density at radius 2 is 0.647 bits per heavy atom. The van der Waals surface area contributed by atoms with Gasteiger partial charge in [0, 0.05) is 36.3 Å². The molecule has 0 atom stereocenters. The Bertz CT molecular complexity index is 489. The highest BCUT2D eigenvalue weighted by Crippen LogP contribution is 2.23. The highest BCUT2D eigenvalue weighted by atomic mass is 16.4. The van der Waals surface area contributed by atoms with Crippen LogP contribution in [0.5, 0.6) is 0 Å². The predicted molar refractivity (Wildman–Crippen MR) is 138 cm³/mol. The molecule has 6 nitrogen and oxygen atoms in total. The summed E-state index contributed by atoms with van der Waals surface area (Å²) in [5.41, 5.74) is 0. The maximum Gasteiger partial charge on any atom is 0.328 e. The zero-order valence-electron chi connectivity index (χ0n) is 21.3. The van der Waals surface area contributed by atoms with E-state index in [1.165, 1.54) is 128 Å². The van der Waals surface area contributed by atoms with E-state index in [1.54, 1.807) is 0 Å². The van der Waals surface area contributed by atoms with Crippen molar-refractivity contribution in [3.63, 3.8) is 0 Å². The fraction of sp³-hybridized carbons (Fsp3) is 0.857. The number of carboxylic acid groups (broad SMARTS) is 2. The Morgan fingerprint density at radius 3 is 0.824 bits per heavy atom. The third-order valence-corrected chi connectivity index (χ3v) is 7.73. The lowest BCUT2D eigenvalue weighted by Gasteiger charge is -2.30. The van der Waals surface area contributed by atoms with Gasteiger partial charge in [0.15, 0.2) is 0 Å². The molecule has 0 radical (unpaired) electrons. The van der Waals surface area contributed by atoms with E-state index < -0.39 is 11.9 Å². The Balaban J connectivity index is 0.000000187. The van der Waals surface area contributed by atoms with Crippen molar-refractivity contribution in [3.05, 3.63) is 12.2 Å². The molecule has 6 heteroatoms. The van der Waals surface area contributed by atoms with Crippen molar-refractivity contribution < 1.29 is 19.8 Å².